The summed E-state index contributed by atoms with van der Waals surface area (Å²) in [5, 5.41) is 10.6. The highest BCUT2D eigenvalue weighted by molar-refractivity contribution is 5.88. The van der Waals surface area contributed by atoms with Crippen LogP contribution in [0.5, 0.6) is 5.75 Å². The van der Waals surface area contributed by atoms with E-state index in [0.717, 1.165) is 18.8 Å². The molecule has 1 unspecified atom stereocenters. The molecule has 1 saturated heterocycles. The first kappa shape index (κ1) is 21.1. The van der Waals surface area contributed by atoms with Gasteiger partial charge in [-0.25, -0.2) is 4.79 Å². The van der Waals surface area contributed by atoms with Crippen LogP contribution in [-0.4, -0.2) is 34.6 Å². The van der Waals surface area contributed by atoms with Crippen LogP contribution in [-0.2, 0) is 6.54 Å². The topological polar surface area (TPSA) is 65.6 Å². The monoisotopic (exact) mass is 432 g/mol. The van der Waals surface area contributed by atoms with E-state index in [0.29, 0.717) is 22.8 Å². The first-order valence-electron chi connectivity index (χ1n) is 11.5. The summed E-state index contributed by atoms with van der Waals surface area (Å²) in [6, 6.07) is 12.1. The second-order valence-electron chi connectivity index (χ2n) is 10.4. The van der Waals surface area contributed by atoms with Gasteiger partial charge in [0.05, 0.1) is 12.7 Å². The first-order valence-corrected chi connectivity index (χ1v) is 11.5. The zero-order valence-electron chi connectivity index (χ0n) is 19.3. The summed E-state index contributed by atoms with van der Waals surface area (Å²) in [6.07, 6.45) is 4.44. The molecule has 168 valence electrons. The number of carboxylic acids is 1. The quantitative estimate of drug-likeness (QED) is 0.535. The van der Waals surface area contributed by atoms with E-state index in [2.05, 4.69) is 42.8 Å². The van der Waals surface area contributed by atoms with Crippen LogP contribution < -0.4 is 4.74 Å². The molecule has 3 aromatic rings. The number of methoxy groups -OCH3 is 1. The summed E-state index contributed by atoms with van der Waals surface area (Å²) in [6.45, 7) is 8.75. The van der Waals surface area contributed by atoms with Crippen molar-refractivity contribution in [2.24, 2.45) is 17.3 Å². The van der Waals surface area contributed by atoms with Gasteiger partial charge in [0.2, 0.25) is 0 Å². The molecule has 2 N–H and O–H groups in total. The number of rotatable bonds is 5. The molecule has 0 radical (unpaired) electrons. The van der Waals surface area contributed by atoms with Gasteiger partial charge in [-0.3, -0.25) is 4.90 Å². The molecule has 1 aliphatic carbocycles. The van der Waals surface area contributed by atoms with Crippen LogP contribution in [0, 0.1) is 24.2 Å². The highest BCUT2D eigenvalue weighted by Gasteiger charge is 2.50. The van der Waals surface area contributed by atoms with Crippen LogP contribution in [0.4, 0.5) is 0 Å². The van der Waals surface area contributed by atoms with E-state index < -0.39 is 5.97 Å². The fourth-order valence-electron chi connectivity index (χ4n) is 6.43. The second kappa shape index (κ2) is 7.66. The van der Waals surface area contributed by atoms with Crippen molar-refractivity contribution in [3.8, 4) is 5.75 Å². The summed E-state index contributed by atoms with van der Waals surface area (Å²) >= 11 is 0. The molecule has 0 amide bonds. The van der Waals surface area contributed by atoms with Crippen LogP contribution in [0.1, 0.15) is 59.8 Å². The van der Waals surface area contributed by atoms with E-state index in [-0.39, 0.29) is 6.04 Å². The molecule has 0 bridgehead atoms. The normalized spacial score (nSPS) is 24.7. The van der Waals surface area contributed by atoms with E-state index in [4.69, 9.17) is 4.74 Å². The molecule has 1 aromatic heterocycles. The number of aryl methyl sites for hydroxylation is 1. The van der Waals surface area contributed by atoms with Gasteiger partial charge in [0, 0.05) is 41.8 Å². The number of fused-ring (bicyclic) bond motifs is 2. The van der Waals surface area contributed by atoms with Gasteiger partial charge in [-0.05, 0) is 72.4 Å². The minimum atomic E-state index is -0.876. The van der Waals surface area contributed by atoms with Gasteiger partial charge in [-0.15, -0.1) is 0 Å². The van der Waals surface area contributed by atoms with Gasteiger partial charge in [0.1, 0.15) is 5.75 Å². The number of aromatic nitrogens is 1. The molecule has 2 fully saturated rings. The van der Waals surface area contributed by atoms with E-state index in [1.807, 2.05) is 18.3 Å². The van der Waals surface area contributed by atoms with Crippen LogP contribution in [0.2, 0.25) is 0 Å². The second-order valence-corrected chi connectivity index (χ2v) is 10.4. The number of carboxylic acid groups (broad SMARTS) is 1. The smallest absolute Gasteiger partial charge is 0.335 e. The number of carbonyl (C=O) groups is 1. The van der Waals surface area contributed by atoms with Crippen molar-refractivity contribution in [1.29, 1.82) is 0 Å². The van der Waals surface area contributed by atoms with Gasteiger partial charge in [-0.1, -0.05) is 26.0 Å². The number of H-pyrrole nitrogens is 1. The minimum absolute atomic E-state index is 0.282. The van der Waals surface area contributed by atoms with Crippen LogP contribution in [0.15, 0.2) is 42.6 Å². The molecule has 0 spiro atoms. The van der Waals surface area contributed by atoms with Crippen molar-refractivity contribution in [2.75, 3.05) is 13.7 Å². The maximum absolute atomic E-state index is 11.4. The summed E-state index contributed by atoms with van der Waals surface area (Å²) < 4.78 is 5.82. The van der Waals surface area contributed by atoms with Gasteiger partial charge in [-0.2, -0.15) is 0 Å². The fraction of sp³-hybridized carbons (Fsp3) is 0.444. The number of likely N-dealkylation sites (tertiary alicyclic amines) is 1. The molecule has 32 heavy (non-hydrogen) atoms. The van der Waals surface area contributed by atoms with Crippen molar-refractivity contribution < 1.29 is 14.6 Å². The predicted octanol–water partition coefficient (Wildman–Crippen LogP) is 5.79. The van der Waals surface area contributed by atoms with Crippen LogP contribution >= 0.6 is 0 Å². The lowest BCUT2D eigenvalue weighted by molar-refractivity contribution is 0.0697. The number of hydrogen-bond donors (Lipinski definition) is 2. The molecule has 2 heterocycles. The fourth-order valence-corrected chi connectivity index (χ4v) is 6.43. The summed E-state index contributed by atoms with van der Waals surface area (Å²) in [7, 11) is 1.75. The maximum atomic E-state index is 11.4. The van der Waals surface area contributed by atoms with Crippen LogP contribution in [0.3, 0.4) is 0 Å². The van der Waals surface area contributed by atoms with Gasteiger partial charge >= 0.3 is 5.97 Å². The average molecular weight is 433 g/mol. The lowest BCUT2D eigenvalue weighted by Crippen LogP contribution is -2.27. The lowest BCUT2D eigenvalue weighted by atomic mass is 9.86. The summed E-state index contributed by atoms with van der Waals surface area (Å²) in [4.78, 5) is 17.4. The van der Waals surface area contributed by atoms with Crippen molar-refractivity contribution in [3.63, 3.8) is 0 Å². The number of nitrogens with zero attached hydrogens (tertiary/aromatic N) is 1. The zero-order chi connectivity index (χ0) is 22.6. The molecule has 1 saturated carbocycles. The summed E-state index contributed by atoms with van der Waals surface area (Å²) in [5.41, 5.74) is 5.50. The third kappa shape index (κ3) is 3.49. The molecule has 5 rings (SSSR count). The van der Waals surface area contributed by atoms with Crippen molar-refractivity contribution in [2.45, 2.75) is 46.2 Å². The number of benzene rings is 2. The Kier molecular flexibility index (Phi) is 5.05. The summed E-state index contributed by atoms with van der Waals surface area (Å²) in [5.74, 6) is 1.30. The molecule has 5 nitrogen and oxygen atoms in total. The van der Waals surface area contributed by atoms with Crippen LogP contribution in [0.25, 0.3) is 10.9 Å². The van der Waals surface area contributed by atoms with Crippen molar-refractivity contribution >= 4 is 16.9 Å². The van der Waals surface area contributed by atoms with Gasteiger partial charge < -0.3 is 14.8 Å². The Labute approximate surface area is 189 Å². The standard InChI is InChI=1S/C27H32N2O3/c1-16-11-23(32-4)22(20-9-10-28-24(16)20)15-29-14-19-12-27(2,3)13-21(19)25(29)17-5-7-18(8-6-17)26(30)31/h5-11,19,21,25,28H,12-15H2,1-4H3,(H,30,31)/t19-,21-,25?/m0/s1. The Morgan fingerprint density at radius 2 is 1.97 bits per heavy atom. The third-order valence-electron chi connectivity index (χ3n) is 7.67. The van der Waals surface area contributed by atoms with Gasteiger partial charge in [0.15, 0.2) is 0 Å². The number of aromatic amines is 1. The maximum Gasteiger partial charge on any atom is 0.335 e. The number of aromatic carboxylic acids is 1. The first-order chi connectivity index (χ1) is 15.3. The van der Waals surface area contributed by atoms with Crippen molar-refractivity contribution in [3.05, 3.63) is 64.8 Å². The molecular weight excluding hydrogens is 400 g/mol. The molecule has 2 aromatic carbocycles. The van der Waals surface area contributed by atoms with E-state index in [1.165, 1.54) is 40.4 Å². The van der Waals surface area contributed by atoms with E-state index in [1.54, 1.807) is 19.2 Å². The van der Waals surface area contributed by atoms with Gasteiger partial charge in [0.25, 0.3) is 0 Å². The Balaban J connectivity index is 1.54. The highest BCUT2D eigenvalue weighted by Crippen LogP contribution is 2.56. The Hall–Kier alpha value is -2.79. The molecule has 2 aliphatic rings. The molecule has 5 heteroatoms. The zero-order valence-corrected chi connectivity index (χ0v) is 19.3. The Bertz CT molecular complexity index is 1160. The average Bonchev–Trinajstić information content (AvgIpc) is 3.42. The third-order valence-corrected chi connectivity index (χ3v) is 7.67. The number of hydrogen-bond acceptors (Lipinski definition) is 3. The van der Waals surface area contributed by atoms with E-state index in [9.17, 15) is 9.90 Å². The molecule has 1 aliphatic heterocycles. The molecular formula is C27H32N2O3. The van der Waals surface area contributed by atoms with E-state index >= 15 is 0 Å². The molecule has 3 atom stereocenters. The highest BCUT2D eigenvalue weighted by atomic mass is 16.5. The predicted molar refractivity (Wildman–Crippen MR) is 126 cm³/mol. The lowest BCUT2D eigenvalue weighted by Gasteiger charge is -2.31. The van der Waals surface area contributed by atoms with Crippen molar-refractivity contribution in [1.82, 2.24) is 9.88 Å². The largest absolute Gasteiger partial charge is 0.496 e. The minimum Gasteiger partial charge on any atom is -0.496 e. The SMILES string of the molecule is COc1cc(C)c2[nH]ccc2c1CN1C[C@@H]2CC(C)(C)C[C@@H]2C1c1ccc(C(=O)O)cc1. The Morgan fingerprint density at radius 1 is 1.22 bits per heavy atom. The Morgan fingerprint density at radius 3 is 2.66 bits per heavy atom. The number of nitrogens with one attached hydrogen (secondary N) is 1. The number of ether oxygens (including phenoxy) is 1.